The Morgan fingerprint density at radius 1 is 1.03 bits per heavy atom. The molecule has 2 fully saturated rings. The fourth-order valence-electron chi connectivity index (χ4n) is 4.74. The minimum atomic E-state index is -1.00. The van der Waals surface area contributed by atoms with E-state index >= 15 is 0 Å². The maximum Gasteiger partial charge on any atom is 0.328 e. The van der Waals surface area contributed by atoms with Crippen LogP contribution in [-0.4, -0.2) is 40.3 Å². The number of carboxylic acids is 1. The average molecular weight is 402 g/mol. The van der Waals surface area contributed by atoms with Gasteiger partial charge in [-0.25, -0.2) is 4.79 Å². The van der Waals surface area contributed by atoms with Gasteiger partial charge in [0.1, 0.15) is 5.72 Å². The molecule has 1 spiro atoms. The van der Waals surface area contributed by atoms with Gasteiger partial charge < -0.3 is 9.84 Å². The number of hydrogen-bond acceptors (Lipinski definition) is 3. The molecular weight excluding hydrogens is 366 g/mol. The van der Waals surface area contributed by atoms with Gasteiger partial charge in [-0.1, -0.05) is 53.7 Å². The fraction of sp³-hybridized carbons (Fsp3) is 0.667. The van der Waals surface area contributed by atoms with Gasteiger partial charge in [-0.3, -0.25) is 9.69 Å². The van der Waals surface area contributed by atoms with Gasteiger partial charge in [0, 0.05) is 5.56 Å². The maximum atomic E-state index is 13.5. The van der Waals surface area contributed by atoms with Crippen molar-refractivity contribution in [1.82, 2.24) is 4.90 Å². The molecule has 2 aliphatic rings. The van der Waals surface area contributed by atoms with E-state index in [0.29, 0.717) is 24.3 Å². The highest BCUT2D eigenvalue weighted by atomic mass is 16.5. The monoisotopic (exact) mass is 401 g/mol. The van der Waals surface area contributed by atoms with Gasteiger partial charge in [-0.05, 0) is 60.1 Å². The molecular formula is C24H35NO4. The van der Waals surface area contributed by atoms with E-state index in [1.54, 1.807) is 0 Å². The van der Waals surface area contributed by atoms with Crippen LogP contribution < -0.4 is 0 Å². The van der Waals surface area contributed by atoms with E-state index in [1.165, 1.54) is 4.90 Å². The van der Waals surface area contributed by atoms with Crippen molar-refractivity contribution < 1.29 is 19.4 Å². The number of carbonyl (C=O) groups is 2. The summed E-state index contributed by atoms with van der Waals surface area (Å²) in [6, 6.07) is 6.62. The molecule has 29 heavy (non-hydrogen) atoms. The number of nitrogens with zero attached hydrogens (tertiary/aromatic N) is 1. The van der Waals surface area contributed by atoms with Crippen LogP contribution in [0.2, 0.25) is 0 Å². The Labute approximate surface area is 174 Å². The van der Waals surface area contributed by atoms with Crippen molar-refractivity contribution in [2.45, 2.75) is 84.4 Å². The van der Waals surface area contributed by atoms with Gasteiger partial charge >= 0.3 is 5.97 Å². The number of ether oxygens (including phenoxy) is 1. The van der Waals surface area contributed by atoms with E-state index < -0.39 is 17.7 Å². The normalized spacial score (nSPS) is 28.0. The summed E-state index contributed by atoms with van der Waals surface area (Å²) in [7, 11) is 0. The lowest BCUT2D eigenvalue weighted by molar-refractivity contribution is -0.144. The molecule has 1 N–H and O–H groups in total. The lowest BCUT2D eigenvalue weighted by Crippen LogP contribution is -2.55. The highest BCUT2D eigenvalue weighted by Gasteiger charge is 2.54. The quantitative estimate of drug-likeness (QED) is 0.770. The molecule has 1 aromatic carbocycles. The van der Waals surface area contributed by atoms with Crippen LogP contribution in [0.15, 0.2) is 24.3 Å². The van der Waals surface area contributed by atoms with Crippen LogP contribution in [0.3, 0.4) is 0 Å². The van der Waals surface area contributed by atoms with E-state index in [1.807, 2.05) is 24.3 Å². The first-order valence-electron chi connectivity index (χ1n) is 10.7. The van der Waals surface area contributed by atoms with Crippen LogP contribution in [0.25, 0.3) is 0 Å². The largest absolute Gasteiger partial charge is 0.480 e. The third-order valence-corrected chi connectivity index (χ3v) is 6.75. The molecule has 3 rings (SSSR count). The topological polar surface area (TPSA) is 66.8 Å². The Bertz CT molecular complexity index is 762. The average Bonchev–Trinajstić information content (AvgIpc) is 2.99. The number of rotatable bonds is 2. The highest BCUT2D eigenvalue weighted by Crippen LogP contribution is 2.47. The predicted molar refractivity (Wildman–Crippen MR) is 113 cm³/mol. The summed E-state index contributed by atoms with van der Waals surface area (Å²) in [5, 5.41) is 9.75. The second-order valence-electron chi connectivity index (χ2n) is 10.8. The van der Waals surface area contributed by atoms with Gasteiger partial charge in [0.2, 0.25) is 0 Å². The van der Waals surface area contributed by atoms with Crippen LogP contribution in [-0.2, 0) is 14.9 Å². The molecule has 160 valence electrons. The Morgan fingerprint density at radius 3 is 2.03 bits per heavy atom. The van der Waals surface area contributed by atoms with Gasteiger partial charge in [0.05, 0.1) is 6.61 Å². The van der Waals surface area contributed by atoms with Gasteiger partial charge in [0.25, 0.3) is 5.91 Å². The molecule has 0 aromatic heterocycles. The second kappa shape index (κ2) is 7.42. The standard InChI is InChI=1S/C24H35NO4/c1-22(2,3)17-9-7-16(8-10-17)20(26)25-19(21(27)28)15-29-24(25)13-11-18(12-14-24)23(4,5)6/h7-10,18-19H,11-15H2,1-6H3,(H,27,28)/t18?,19-,24?/m0/s1. The summed E-state index contributed by atoms with van der Waals surface area (Å²) in [6.07, 6.45) is 3.24. The summed E-state index contributed by atoms with van der Waals surface area (Å²) < 4.78 is 6.07. The molecule has 0 bridgehead atoms. The number of benzene rings is 1. The number of aliphatic carboxylic acids is 1. The summed E-state index contributed by atoms with van der Waals surface area (Å²) in [6.45, 7) is 13.2. The van der Waals surface area contributed by atoms with E-state index in [9.17, 15) is 14.7 Å². The van der Waals surface area contributed by atoms with Crippen LogP contribution in [0, 0.1) is 11.3 Å². The minimum absolute atomic E-state index is 0.00546. The van der Waals surface area contributed by atoms with E-state index in [2.05, 4.69) is 41.5 Å². The summed E-state index contributed by atoms with van der Waals surface area (Å²) in [5.41, 5.74) is 1.05. The molecule has 1 atom stereocenters. The first kappa shape index (κ1) is 21.8. The van der Waals surface area contributed by atoms with Crippen molar-refractivity contribution in [1.29, 1.82) is 0 Å². The number of amides is 1. The molecule has 0 radical (unpaired) electrons. The molecule has 1 saturated carbocycles. The van der Waals surface area contributed by atoms with E-state index in [0.717, 1.165) is 18.4 Å². The first-order valence-corrected chi connectivity index (χ1v) is 10.7. The Balaban J connectivity index is 1.88. The van der Waals surface area contributed by atoms with E-state index in [-0.39, 0.29) is 23.3 Å². The number of carbonyl (C=O) groups excluding carboxylic acids is 1. The number of carboxylic acid groups (broad SMARTS) is 1. The van der Waals surface area contributed by atoms with Crippen LogP contribution in [0.1, 0.15) is 83.1 Å². The zero-order chi connectivity index (χ0) is 21.6. The summed E-state index contributed by atoms with van der Waals surface area (Å²) in [5.74, 6) is -0.701. The molecule has 1 heterocycles. The first-order chi connectivity index (χ1) is 13.3. The molecule has 1 aliphatic heterocycles. The molecule has 1 saturated heterocycles. The molecule has 5 nitrogen and oxygen atoms in total. The van der Waals surface area contributed by atoms with Crippen molar-refractivity contribution in [3.05, 3.63) is 35.4 Å². The van der Waals surface area contributed by atoms with Crippen molar-refractivity contribution in [3.8, 4) is 0 Å². The Hall–Kier alpha value is -1.88. The second-order valence-corrected chi connectivity index (χ2v) is 10.8. The van der Waals surface area contributed by atoms with Crippen molar-refractivity contribution >= 4 is 11.9 Å². The van der Waals surface area contributed by atoms with E-state index in [4.69, 9.17) is 4.74 Å². The fourth-order valence-corrected chi connectivity index (χ4v) is 4.74. The van der Waals surface area contributed by atoms with Crippen molar-refractivity contribution in [3.63, 3.8) is 0 Å². The highest BCUT2D eigenvalue weighted by molar-refractivity contribution is 5.97. The SMILES string of the molecule is CC(C)(C)c1ccc(C(=O)N2[C@H](C(=O)O)COC23CCC(C(C)(C)C)CC3)cc1. The molecule has 1 aliphatic carbocycles. The maximum absolute atomic E-state index is 13.5. The Morgan fingerprint density at radius 2 is 1.59 bits per heavy atom. The minimum Gasteiger partial charge on any atom is -0.480 e. The lowest BCUT2D eigenvalue weighted by atomic mass is 9.70. The van der Waals surface area contributed by atoms with Crippen molar-refractivity contribution in [2.75, 3.05) is 6.61 Å². The summed E-state index contributed by atoms with van der Waals surface area (Å²) in [4.78, 5) is 26.9. The third kappa shape index (κ3) is 4.20. The summed E-state index contributed by atoms with van der Waals surface area (Å²) >= 11 is 0. The van der Waals surface area contributed by atoms with Gasteiger partial charge in [-0.15, -0.1) is 0 Å². The Kier molecular flexibility index (Phi) is 5.59. The zero-order valence-electron chi connectivity index (χ0n) is 18.6. The zero-order valence-corrected chi connectivity index (χ0v) is 18.6. The lowest BCUT2D eigenvalue weighted by Gasteiger charge is -2.46. The predicted octanol–water partition coefficient (Wildman–Crippen LogP) is 4.84. The molecule has 1 aromatic rings. The molecule has 0 unspecified atom stereocenters. The number of hydrogen-bond donors (Lipinski definition) is 1. The van der Waals surface area contributed by atoms with Crippen LogP contribution in [0.4, 0.5) is 0 Å². The van der Waals surface area contributed by atoms with Gasteiger partial charge in [-0.2, -0.15) is 0 Å². The van der Waals surface area contributed by atoms with Crippen LogP contribution in [0.5, 0.6) is 0 Å². The third-order valence-electron chi connectivity index (χ3n) is 6.75. The van der Waals surface area contributed by atoms with Crippen molar-refractivity contribution in [2.24, 2.45) is 11.3 Å². The smallest absolute Gasteiger partial charge is 0.328 e. The molecule has 5 heteroatoms. The molecule has 1 amide bonds. The van der Waals surface area contributed by atoms with Gasteiger partial charge in [0.15, 0.2) is 6.04 Å². The van der Waals surface area contributed by atoms with Crippen LogP contribution >= 0.6 is 0 Å².